The molecule has 16 heteroatoms. The second-order valence-corrected chi connectivity index (χ2v) is 7.84. The van der Waals surface area contributed by atoms with E-state index in [1.165, 1.54) is 0 Å². The maximum Gasteiger partial charge on any atom is 0.460 e. The van der Waals surface area contributed by atoms with Crippen molar-refractivity contribution in [3.8, 4) is 5.75 Å². The summed E-state index contributed by atoms with van der Waals surface area (Å²) >= 11 is -4.62. The summed E-state index contributed by atoms with van der Waals surface area (Å²) < 4.78 is 174. The zero-order chi connectivity index (χ0) is 25.5. The molecule has 0 saturated carbocycles. The predicted octanol–water partition coefficient (Wildman–Crippen LogP) is 6.63. The number of halogens is 12. The first-order valence-electron chi connectivity index (χ1n) is 8.64. The molecular formula is C17H12F12O3S. The first kappa shape index (κ1) is 27.1. The van der Waals surface area contributed by atoms with Crippen molar-refractivity contribution in [1.29, 1.82) is 0 Å². The Bertz CT molecular complexity index is 890. The molecule has 188 valence electrons. The average Bonchev–Trinajstić information content (AvgIpc) is 2.68. The van der Waals surface area contributed by atoms with Gasteiger partial charge in [0.1, 0.15) is 17.6 Å². The Morgan fingerprint density at radius 1 is 0.818 bits per heavy atom. The first-order valence-corrected chi connectivity index (χ1v) is 9.71. The van der Waals surface area contributed by atoms with Crippen LogP contribution in [0.15, 0.2) is 36.1 Å². The molecule has 0 aromatic heterocycles. The number of alkyl halides is 12. The highest BCUT2D eigenvalue weighted by atomic mass is 32.2. The van der Waals surface area contributed by atoms with Crippen molar-refractivity contribution in [2.45, 2.75) is 54.8 Å². The van der Waals surface area contributed by atoms with Gasteiger partial charge in [-0.25, -0.2) is 4.21 Å². The van der Waals surface area contributed by atoms with Gasteiger partial charge in [0.15, 0.2) is 0 Å². The van der Waals surface area contributed by atoms with Crippen molar-refractivity contribution in [2.24, 2.45) is 0 Å². The van der Waals surface area contributed by atoms with Crippen molar-refractivity contribution in [2.75, 3.05) is 0 Å². The van der Waals surface area contributed by atoms with E-state index in [-0.39, 0.29) is 18.6 Å². The topological polar surface area (TPSA) is 35.5 Å². The molecule has 1 aromatic carbocycles. The number of benzene rings is 1. The lowest BCUT2D eigenvalue weighted by molar-refractivity contribution is -0.382. The summed E-state index contributed by atoms with van der Waals surface area (Å²) in [5.74, 6) is -15.0. The molecule has 1 aliphatic rings. The van der Waals surface area contributed by atoms with Crippen molar-refractivity contribution in [3.05, 3.63) is 41.7 Å². The first-order chi connectivity index (χ1) is 14.8. The lowest BCUT2D eigenvalue weighted by Gasteiger charge is -2.32. The van der Waals surface area contributed by atoms with Gasteiger partial charge in [-0.05, 0) is 36.8 Å². The number of hydrogen-bond donors (Lipinski definition) is 0. The second kappa shape index (κ2) is 8.91. The third-order valence-corrected chi connectivity index (χ3v) is 5.35. The summed E-state index contributed by atoms with van der Waals surface area (Å²) in [5, 5.41) is -6.42. The quantitative estimate of drug-likeness (QED) is 0.376. The van der Waals surface area contributed by atoms with Crippen LogP contribution in [0.2, 0.25) is 0 Å². The fraction of sp³-hybridized carbons (Fsp3) is 0.529. The largest absolute Gasteiger partial charge is 0.490 e. The minimum atomic E-state index is -7.20. The number of hydrogen-bond acceptors (Lipinski definition) is 3. The Balaban J connectivity index is 2.03. The average molecular weight is 524 g/mol. The number of rotatable bonds is 7. The Kier molecular flexibility index (Phi) is 7.32. The molecule has 2 unspecified atom stereocenters. The molecule has 0 radical (unpaired) electrons. The molecule has 1 aromatic rings. The van der Waals surface area contributed by atoms with E-state index in [1.54, 1.807) is 0 Å². The van der Waals surface area contributed by atoms with Gasteiger partial charge in [0.05, 0.1) is 5.56 Å². The van der Waals surface area contributed by atoms with Crippen LogP contribution in [0, 0.1) is 0 Å². The van der Waals surface area contributed by atoms with Crippen LogP contribution in [0.4, 0.5) is 52.7 Å². The van der Waals surface area contributed by atoms with Gasteiger partial charge in [-0.15, -0.1) is 0 Å². The van der Waals surface area contributed by atoms with Crippen LogP contribution in [-0.4, -0.2) is 33.6 Å². The van der Waals surface area contributed by atoms with Crippen LogP contribution in [0.5, 0.6) is 5.75 Å². The van der Waals surface area contributed by atoms with Crippen LogP contribution < -0.4 is 4.74 Å². The summed E-state index contributed by atoms with van der Waals surface area (Å²) in [6, 6.07) is 3.45. The van der Waals surface area contributed by atoms with E-state index < -0.39 is 64.4 Å². The van der Waals surface area contributed by atoms with E-state index in [2.05, 4.69) is 4.18 Å². The van der Waals surface area contributed by atoms with Crippen molar-refractivity contribution >= 4 is 11.1 Å². The Labute approximate surface area is 180 Å². The van der Waals surface area contributed by atoms with Gasteiger partial charge in [0.25, 0.3) is 11.1 Å². The molecule has 0 saturated heterocycles. The van der Waals surface area contributed by atoms with Gasteiger partial charge in [-0.3, -0.25) is 0 Å². The summed E-state index contributed by atoms with van der Waals surface area (Å²) in [6.07, 6.45) is -12.3. The van der Waals surface area contributed by atoms with Crippen molar-refractivity contribution < 1.29 is 65.8 Å². The lowest BCUT2D eigenvalue weighted by Crippen LogP contribution is -2.62. The van der Waals surface area contributed by atoms with E-state index in [9.17, 15) is 56.9 Å². The third-order valence-electron chi connectivity index (χ3n) is 4.31. The Morgan fingerprint density at radius 2 is 1.36 bits per heavy atom. The Morgan fingerprint density at radius 3 is 1.79 bits per heavy atom. The highest BCUT2D eigenvalue weighted by molar-refractivity contribution is 7.81. The second-order valence-electron chi connectivity index (χ2n) is 6.69. The molecule has 1 aliphatic carbocycles. The van der Waals surface area contributed by atoms with Crippen molar-refractivity contribution in [1.82, 2.24) is 0 Å². The fourth-order valence-electron chi connectivity index (χ4n) is 2.50. The van der Waals surface area contributed by atoms with Crippen LogP contribution in [0.25, 0.3) is 0 Å². The minimum Gasteiger partial charge on any atom is -0.490 e. The predicted molar refractivity (Wildman–Crippen MR) is 87.9 cm³/mol. The zero-order valence-corrected chi connectivity index (χ0v) is 16.6. The summed E-state index contributed by atoms with van der Waals surface area (Å²) in [6.45, 7) is 0. The smallest absolute Gasteiger partial charge is 0.460 e. The Hall–Kier alpha value is -2.13. The molecule has 0 aliphatic heterocycles. The molecule has 3 nitrogen and oxygen atoms in total. The SMILES string of the molecule is O=S(OC1=CCC(Oc2ccc(C(F)(F)F)cc2)CC1)C(F)(F)C(F)(F)C(F)(F)C(F)(F)F. The molecule has 2 rings (SSSR count). The van der Waals surface area contributed by atoms with E-state index >= 15 is 0 Å². The molecule has 0 heterocycles. The fourth-order valence-corrected chi connectivity index (χ4v) is 3.29. The molecule has 0 N–H and O–H groups in total. The van der Waals surface area contributed by atoms with Crippen LogP contribution in [0.1, 0.15) is 24.8 Å². The van der Waals surface area contributed by atoms with E-state index in [0.29, 0.717) is 0 Å². The lowest BCUT2D eigenvalue weighted by atomic mass is 10.0. The summed E-state index contributed by atoms with van der Waals surface area (Å²) in [5.41, 5.74) is -0.953. The van der Waals surface area contributed by atoms with Crippen molar-refractivity contribution in [3.63, 3.8) is 0 Å². The highest BCUT2D eigenvalue weighted by Crippen LogP contribution is 2.54. The maximum atomic E-state index is 13.6. The standard InChI is InChI=1S/C17H12F12O3S/c18-13(19,20)9-1-3-10(4-2-9)31-11-5-7-12(8-6-11)32-33(30)17(28,29)15(23,24)14(21,22)16(25,26)27/h1-4,7,11H,5-6,8H2. The molecule has 0 spiro atoms. The highest BCUT2D eigenvalue weighted by Gasteiger charge is 2.84. The molecule has 0 bridgehead atoms. The van der Waals surface area contributed by atoms with Crippen LogP contribution in [-0.2, 0) is 21.4 Å². The molecular weight excluding hydrogens is 512 g/mol. The third kappa shape index (κ3) is 5.51. The summed E-state index contributed by atoms with van der Waals surface area (Å²) in [4.78, 5) is 0. The van der Waals surface area contributed by atoms with Gasteiger partial charge < -0.3 is 8.92 Å². The van der Waals surface area contributed by atoms with Crippen LogP contribution in [0.3, 0.4) is 0 Å². The van der Waals surface area contributed by atoms with Crippen LogP contribution >= 0.6 is 0 Å². The normalized spacial score (nSPS) is 19.6. The van der Waals surface area contributed by atoms with Gasteiger partial charge >= 0.3 is 29.5 Å². The van der Waals surface area contributed by atoms with E-state index in [4.69, 9.17) is 4.74 Å². The number of ether oxygens (including phenoxy) is 1. The maximum absolute atomic E-state index is 13.6. The van der Waals surface area contributed by atoms with E-state index in [0.717, 1.165) is 30.3 Å². The summed E-state index contributed by atoms with van der Waals surface area (Å²) in [7, 11) is 0. The molecule has 0 fully saturated rings. The number of allylic oxidation sites excluding steroid dienone is 1. The van der Waals surface area contributed by atoms with E-state index in [1.807, 2.05) is 0 Å². The molecule has 33 heavy (non-hydrogen) atoms. The van der Waals surface area contributed by atoms with Gasteiger partial charge in [-0.2, -0.15) is 52.7 Å². The molecule has 0 amide bonds. The van der Waals surface area contributed by atoms with Gasteiger partial charge in [0.2, 0.25) is 0 Å². The minimum absolute atomic E-state index is 0.00472. The monoisotopic (exact) mass is 524 g/mol. The zero-order valence-electron chi connectivity index (χ0n) is 15.8. The van der Waals surface area contributed by atoms with Gasteiger partial charge in [0, 0.05) is 12.8 Å². The van der Waals surface area contributed by atoms with Gasteiger partial charge in [-0.1, -0.05) is 0 Å². The molecule has 2 atom stereocenters.